The van der Waals surface area contributed by atoms with Crippen LogP contribution in [0.4, 0.5) is 25.4 Å². The standard InChI is InChI=1S/C19H25FN4O6S/c1-21(19(27)31)29-11-14-10-24(18(26)30-14)13-3-4-16(15(20)9-13)22-5-7-23(8-6-22)17(25)12-28-2/h3-4,9,14H,5-8,10-12H2,1-2H3,(H,27,31)/t14-/m0/s1. The molecule has 3 rings (SSSR count). The van der Waals surface area contributed by atoms with Crippen LogP contribution in [0.1, 0.15) is 0 Å². The molecule has 0 unspecified atom stereocenters. The maximum atomic E-state index is 14.8. The van der Waals surface area contributed by atoms with Crippen LogP contribution in [0.25, 0.3) is 0 Å². The lowest BCUT2D eigenvalue weighted by Crippen LogP contribution is -2.50. The average Bonchev–Trinajstić information content (AvgIpc) is 3.12. The number of carbonyl (C=O) groups excluding carboxylic acids is 3. The zero-order chi connectivity index (χ0) is 22.5. The van der Waals surface area contributed by atoms with Crippen LogP contribution >= 0.6 is 12.6 Å². The summed E-state index contributed by atoms with van der Waals surface area (Å²) in [7, 11) is 2.86. The van der Waals surface area contributed by atoms with E-state index in [1.165, 1.54) is 25.1 Å². The number of anilines is 2. The van der Waals surface area contributed by atoms with E-state index in [0.29, 0.717) is 37.6 Å². The summed E-state index contributed by atoms with van der Waals surface area (Å²) in [6, 6.07) is 4.54. The fraction of sp³-hybridized carbons (Fsp3) is 0.526. The summed E-state index contributed by atoms with van der Waals surface area (Å²) in [4.78, 5) is 45.2. The number of rotatable bonds is 7. The van der Waals surface area contributed by atoms with Gasteiger partial charge in [0.15, 0.2) is 0 Å². The molecule has 0 bridgehead atoms. The number of amides is 3. The summed E-state index contributed by atoms with van der Waals surface area (Å²) >= 11 is 3.62. The third-order valence-corrected chi connectivity index (χ3v) is 5.36. The topological polar surface area (TPSA) is 91.9 Å². The molecule has 2 aliphatic rings. The maximum absolute atomic E-state index is 14.8. The molecule has 2 aliphatic heterocycles. The molecule has 0 radical (unpaired) electrons. The Bertz CT molecular complexity index is 836. The highest BCUT2D eigenvalue weighted by Crippen LogP contribution is 2.28. The van der Waals surface area contributed by atoms with E-state index < -0.39 is 23.3 Å². The molecule has 31 heavy (non-hydrogen) atoms. The lowest BCUT2D eigenvalue weighted by atomic mass is 10.2. The molecule has 0 aromatic heterocycles. The number of cyclic esters (lactones) is 1. The highest BCUT2D eigenvalue weighted by molar-refractivity contribution is 7.96. The largest absolute Gasteiger partial charge is 0.441 e. The highest BCUT2D eigenvalue weighted by Gasteiger charge is 2.34. The van der Waals surface area contributed by atoms with Crippen molar-refractivity contribution in [1.29, 1.82) is 0 Å². The summed E-state index contributed by atoms with van der Waals surface area (Å²) in [5, 5.41) is 0.346. The van der Waals surface area contributed by atoms with E-state index in [2.05, 4.69) is 12.6 Å². The van der Waals surface area contributed by atoms with Crippen molar-refractivity contribution in [2.45, 2.75) is 6.10 Å². The molecule has 2 saturated heterocycles. The van der Waals surface area contributed by atoms with Gasteiger partial charge in [-0.25, -0.2) is 14.2 Å². The van der Waals surface area contributed by atoms with Crippen LogP contribution in [-0.4, -0.2) is 93.4 Å². The van der Waals surface area contributed by atoms with Crippen molar-refractivity contribution in [3.8, 4) is 0 Å². The van der Waals surface area contributed by atoms with Gasteiger partial charge in [-0.3, -0.25) is 19.3 Å². The Balaban J connectivity index is 1.59. The molecular formula is C19H25FN4O6S. The first-order valence-corrected chi connectivity index (χ1v) is 10.1. The summed E-state index contributed by atoms with van der Waals surface area (Å²) in [5.74, 6) is -0.559. The van der Waals surface area contributed by atoms with Crippen molar-refractivity contribution < 1.29 is 33.1 Å². The van der Waals surface area contributed by atoms with Crippen LogP contribution < -0.4 is 9.80 Å². The van der Waals surface area contributed by atoms with Crippen molar-refractivity contribution in [3.63, 3.8) is 0 Å². The summed E-state index contributed by atoms with van der Waals surface area (Å²) in [5.41, 5.74) is 0.769. The van der Waals surface area contributed by atoms with Gasteiger partial charge in [0.1, 0.15) is 25.1 Å². The van der Waals surface area contributed by atoms with Gasteiger partial charge in [0.05, 0.1) is 17.9 Å². The highest BCUT2D eigenvalue weighted by atomic mass is 32.1. The van der Waals surface area contributed by atoms with Crippen LogP contribution in [0.5, 0.6) is 0 Å². The number of methoxy groups -OCH3 is 1. The van der Waals surface area contributed by atoms with Gasteiger partial charge in [-0.05, 0) is 18.2 Å². The Labute approximate surface area is 184 Å². The molecule has 0 saturated carbocycles. The number of thiol groups is 1. The Hall–Kier alpha value is -2.57. The molecule has 2 heterocycles. The molecule has 1 aromatic carbocycles. The zero-order valence-corrected chi connectivity index (χ0v) is 18.2. The monoisotopic (exact) mass is 456 g/mol. The molecule has 1 aromatic rings. The number of halogens is 1. The molecule has 170 valence electrons. The molecular weight excluding hydrogens is 431 g/mol. The van der Waals surface area contributed by atoms with Gasteiger partial charge >= 0.3 is 11.3 Å². The maximum Gasteiger partial charge on any atom is 0.414 e. The number of hydrogen-bond acceptors (Lipinski definition) is 7. The van der Waals surface area contributed by atoms with Crippen molar-refractivity contribution in [2.75, 3.05) is 69.9 Å². The number of hydroxylamine groups is 2. The van der Waals surface area contributed by atoms with Gasteiger partial charge in [0, 0.05) is 40.3 Å². The van der Waals surface area contributed by atoms with E-state index in [9.17, 15) is 18.8 Å². The number of piperazine rings is 1. The van der Waals surface area contributed by atoms with Gasteiger partial charge < -0.3 is 19.3 Å². The smallest absolute Gasteiger partial charge is 0.414 e. The molecule has 1 atom stereocenters. The first-order chi connectivity index (χ1) is 14.8. The third kappa shape index (κ3) is 5.57. The molecule has 10 nitrogen and oxygen atoms in total. The molecule has 0 spiro atoms. The average molecular weight is 456 g/mol. The second-order valence-electron chi connectivity index (χ2n) is 7.13. The van der Waals surface area contributed by atoms with Gasteiger partial charge in [0.25, 0.3) is 0 Å². The molecule has 0 aliphatic carbocycles. The van der Waals surface area contributed by atoms with Crippen molar-refractivity contribution in [3.05, 3.63) is 24.0 Å². The van der Waals surface area contributed by atoms with Crippen LogP contribution in [-0.2, 0) is 19.1 Å². The van der Waals surface area contributed by atoms with Crippen LogP contribution in [0.2, 0.25) is 0 Å². The van der Waals surface area contributed by atoms with Crippen molar-refractivity contribution >= 4 is 41.2 Å². The van der Waals surface area contributed by atoms with E-state index in [0.717, 1.165) is 5.06 Å². The number of carbonyl (C=O) groups is 3. The van der Waals surface area contributed by atoms with E-state index in [1.54, 1.807) is 17.0 Å². The summed E-state index contributed by atoms with van der Waals surface area (Å²) in [6.45, 7) is 2.11. The van der Waals surface area contributed by atoms with Gasteiger partial charge in [-0.1, -0.05) is 12.6 Å². The van der Waals surface area contributed by atoms with Crippen molar-refractivity contribution in [2.24, 2.45) is 0 Å². The van der Waals surface area contributed by atoms with Crippen LogP contribution in [0.15, 0.2) is 18.2 Å². The molecule has 0 N–H and O–H groups in total. The Morgan fingerprint density at radius 1 is 1.29 bits per heavy atom. The predicted molar refractivity (Wildman–Crippen MR) is 113 cm³/mol. The van der Waals surface area contributed by atoms with Crippen molar-refractivity contribution in [1.82, 2.24) is 9.96 Å². The normalized spacial score (nSPS) is 18.9. The molecule has 3 amide bonds. The van der Waals surface area contributed by atoms with Gasteiger partial charge in [-0.15, -0.1) is 0 Å². The lowest BCUT2D eigenvalue weighted by molar-refractivity contribution is -0.135. The Morgan fingerprint density at radius 3 is 2.61 bits per heavy atom. The van der Waals surface area contributed by atoms with E-state index >= 15 is 0 Å². The van der Waals surface area contributed by atoms with E-state index in [4.69, 9.17) is 14.3 Å². The first-order valence-electron chi connectivity index (χ1n) is 9.69. The Kier molecular flexibility index (Phi) is 7.57. The quantitative estimate of drug-likeness (QED) is 0.489. The summed E-state index contributed by atoms with van der Waals surface area (Å²) in [6.07, 6.45) is -1.23. The number of nitrogens with zero attached hydrogens (tertiary/aromatic N) is 4. The van der Waals surface area contributed by atoms with E-state index in [1.807, 2.05) is 4.90 Å². The van der Waals surface area contributed by atoms with Crippen LogP contribution in [0, 0.1) is 5.82 Å². The minimum atomic E-state index is -0.620. The SMILES string of the molecule is COCC(=O)N1CCN(c2ccc(N3C[C@@H](CON(C)C(=O)S)OC3=O)cc2F)CC1. The second-order valence-corrected chi connectivity index (χ2v) is 7.51. The third-order valence-electron chi connectivity index (χ3n) is 5.08. The molecule has 2 fully saturated rings. The first kappa shape index (κ1) is 23.1. The predicted octanol–water partition coefficient (Wildman–Crippen LogP) is 1.36. The number of ether oxygens (including phenoxy) is 2. The number of benzene rings is 1. The fourth-order valence-electron chi connectivity index (χ4n) is 3.40. The van der Waals surface area contributed by atoms with Gasteiger partial charge in [-0.2, -0.15) is 0 Å². The second kappa shape index (κ2) is 10.2. The van der Waals surface area contributed by atoms with E-state index in [-0.39, 0.29) is 25.7 Å². The number of hydrogen-bond donors (Lipinski definition) is 1. The van der Waals surface area contributed by atoms with Gasteiger partial charge in [0.2, 0.25) is 5.91 Å². The Morgan fingerprint density at radius 2 is 2.00 bits per heavy atom. The fourth-order valence-corrected chi connectivity index (χ4v) is 3.46. The molecule has 12 heteroatoms. The minimum Gasteiger partial charge on any atom is -0.441 e. The zero-order valence-electron chi connectivity index (χ0n) is 17.3. The lowest BCUT2D eigenvalue weighted by Gasteiger charge is -2.36. The minimum absolute atomic E-state index is 0.0300. The summed E-state index contributed by atoms with van der Waals surface area (Å²) < 4.78 is 24.9. The van der Waals surface area contributed by atoms with Crippen LogP contribution in [0.3, 0.4) is 0 Å².